The van der Waals surface area contributed by atoms with Gasteiger partial charge in [-0.3, -0.25) is 9.59 Å². The molecule has 24 heavy (non-hydrogen) atoms. The van der Waals surface area contributed by atoms with E-state index in [0.29, 0.717) is 25.7 Å². The lowest BCUT2D eigenvalue weighted by molar-refractivity contribution is -0.131. The Labute approximate surface area is 142 Å². The minimum atomic E-state index is -1.26. The van der Waals surface area contributed by atoms with Crippen LogP contribution in [0.1, 0.15) is 65.2 Å². The van der Waals surface area contributed by atoms with Crippen LogP contribution < -0.4 is 0 Å². The van der Waals surface area contributed by atoms with Gasteiger partial charge in [-0.15, -0.1) is 0 Å². The molecule has 0 rings (SSSR count). The summed E-state index contributed by atoms with van der Waals surface area (Å²) in [5.74, 6) is -0.964. The highest BCUT2D eigenvalue weighted by Gasteiger charge is 2.21. The first-order valence-corrected chi connectivity index (χ1v) is 8.41. The van der Waals surface area contributed by atoms with Crippen molar-refractivity contribution in [3.8, 4) is 0 Å². The lowest BCUT2D eigenvalue weighted by Crippen LogP contribution is -2.37. The number of unbranched alkanes of at least 4 members (excludes halogenated alkanes) is 3. The summed E-state index contributed by atoms with van der Waals surface area (Å²) >= 11 is 0. The first-order chi connectivity index (χ1) is 11.3. The summed E-state index contributed by atoms with van der Waals surface area (Å²) in [6.07, 6.45) is 1.04. The lowest BCUT2D eigenvalue weighted by atomic mass is 10.1. The van der Waals surface area contributed by atoms with Crippen LogP contribution in [0.3, 0.4) is 0 Å². The van der Waals surface area contributed by atoms with E-state index < -0.39 is 24.0 Å². The molecule has 8 heteroatoms. The maximum atomic E-state index is 11.9. The second-order valence-corrected chi connectivity index (χ2v) is 5.57. The van der Waals surface area contributed by atoms with Crippen LogP contribution in [0.25, 0.3) is 0 Å². The molecule has 0 spiro atoms. The molecule has 0 saturated heterocycles. The number of nitrogens with zero attached hydrogens (tertiary/aromatic N) is 2. The van der Waals surface area contributed by atoms with Crippen molar-refractivity contribution >= 4 is 24.0 Å². The third kappa shape index (κ3) is 8.50. The van der Waals surface area contributed by atoms with Crippen molar-refractivity contribution < 1.29 is 29.4 Å². The van der Waals surface area contributed by atoms with Crippen molar-refractivity contribution in [2.24, 2.45) is 0 Å². The quantitative estimate of drug-likeness (QED) is 0.556. The Hall–Kier alpha value is -2.12. The zero-order valence-corrected chi connectivity index (χ0v) is 14.5. The van der Waals surface area contributed by atoms with E-state index in [1.54, 1.807) is 0 Å². The molecule has 0 heterocycles. The van der Waals surface area contributed by atoms with Crippen molar-refractivity contribution in [2.45, 2.75) is 65.2 Å². The van der Waals surface area contributed by atoms with Crippen LogP contribution in [-0.2, 0) is 9.59 Å². The molecule has 0 fully saturated rings. The molecule has 0 aromatic carbocycles. The van der Waals surface area contributed by atoms with Crippen molar-refractivity contribution in [1.82, 2.24) is 9.80 Å². The first-order valence-electron chi connectivity index (χ1n) is 8.41. The van der Waals surface area contributed by atoms with E-state index in [-0.39, 0.29) is 25.9 Å². The average Bonchev–Trinajstić information content (AvgIpc) is 2.51. The Bertz CT molecular complexity index is 398. The largest absolute Gasteiger partial charge is 0.465 e. The fourth-order valence-corrected chi connectivity index (χ4v) is 2.11. The Morgan fingerprint density at radius 2 is 1.00 bits per heavy atom. The highest BCUT2D eigenvalue weighted by atomic mass is 16.4. The molecule has 0 aromatic heterocycles. The molecule has 0 aliphatic rings. The van der Waals surface area contributed by atoms with Crippen LogP contribution in [0, 0.1) is 0 Å². The van der Waals surface area contributed by atoms with Gasteiger partial charge < -0.3 is 10.2 Å². The van der Waals surface area contributed by atoms with Gasteiger partial charge in [0, 0.05) is 25.9 Å². The molecular formula is C16H28N2O6. The molecule has 0 aliphatic heterocycles. The van der Waals surface area contributed by atoms with E-state index in [1.807, 2.05) is 13.8 Å². The van der Waals surface area contributed by atoms with Crippen LogP contribution in [0.2, 0.25) is 0 Å². The molecule has 0 unspecified atom stereocenters. The second kappa shape index (κ2) is 12.3. The predicted molar refractivity (Wildman–Crippen MR) is 87.8 cm³/mol. The molecule has 0 saturated carbocycles. The highest BCUT2D eigenvalue weighted by Crippen LogP contribution is 2.08. The van der Waals surface area contributed by atoms with E-state index in [0.717, 1.165) is 22.6 Å². The van der Waals surface area contributed by atoms with Crippen LogP contribution in [0.15, 0.2) is 0 Å². The molecule has 8 nitrogen and oxygen atoms in total. The number of hydrogen-bond donors (Lipinski definition) is 2. The fourth-order valence-electron chi connectivity index (χ4n) is 2.11. The fraction of sp³-hybridized carbons (Fsp3) is 0.750. The van der Waals surface area contributed by atoms with Gasteiger partial charge in [-0.2, -0.15) is 0 Å². The average molecular weight is 344 g/mol. The smallest absolute Gasteiger partial charge is 0.414 e. The third-order valence-electron chi connectivity index (χ3n) is 3.57. The number of hydrogen-bond acceptors (Lipinski definition) is 4. The lowest BCUT2D eigenvalue weighted by Gasteiger charge is -2.18. The van der Waals surface area contributed by atoms with Crippen LogP contribution in [0.5, 0.6) is 0 Å². The zero-order chi connectivity index (χ0) is 18.5. The number of amides is 4. The number of imide groups is 2. The SMILES string of the molecule is CCCCN(C(=O)O)C(=O)CCCCC(=O)N(CCCC)C(=O)O. The minimum Gasteiger partial charge on any atom is -0.465 e. The van der Waals surface area contributed by atoms with Gasteiger partial charge in [-0.25, -0.2) is 19.4 Å². The summed E-state index contributed by atoms with van der Waals surface area (Å²) in [5.41, 5.74) is 0. The monoisotopic (exact) mass is 344 g/mol. The number of carboxylic acid groups (broad SMARTS) is 2. The van der Waals surface area contributed by atoms with E-state index in [2.05, 4.69) is 0 Å². The minimum absolute atomic E-state index is 0.0331. The van der Waals surface area contributed by atoms with E-state index in [1.165, 1.54) is 0 Å². The van der Waals surface area contributed by atoms with Gasteiger partial charge in [0.2, 0.25) is 11.8 Å². The summed E-state index contributed by atoms with van der Waals surface area (Å²) in [7, 11) is 0. The Balaban J connectivity index is 4.25. The molecule has 2 N–H and O–H groups in total. The van der Waals surface area contributed by atoms with Gasteiger partial charge >= 0.3 is 12.2 Å². The molecule has 4 amide bonds. The topological polar surface area (TPSA) is 115 Å². The van der Waals surface area contributed by atoms with Gasteiger partial charge in [0.05, 0.1) is 0 Å². The van der Waals surface area contributed by atoms with Gasteiger partial charge in [-0.1, -0.05) is 26.7 Å². The Kier molecular flexibility index (Phi) is 11.2. The first kappa shape index (κ1) is 21.9. The van der Waals surface area contributed by atoms with Gasteiger partial charge in [0.25, 0.3) is 0 Å². The van der Waals surface area contributed by atoms with Crippen LogP contribution >= 0.6 is 0 Å². The summed E-state index contributed by atoms with van der Waals surface area (Å²) in [4.78, 5) is 47.4. The van der Waals surface area contributed by atoms with Crippen molar-refractivity contribution in [1.29, 1.82) is 0 Å². The maximum Gasteiger partial charge on any atom is 0.414 e. The molecule has 0 bridgehead atoms. The number of rotatable bonds is 11. The Morgan fingerprint density at radius 3 is 1.25 bits per heavy atom. The number of carbonyl (C=O) groups is 4. The second-order valence-electron chi connectivity index (χ2n) is 5.57. The van der Waals surface area contributed by atoms with E-state index in [4.69, 9.17) is 10.2 Å². The van der Waals surface area contributed by atoms with E-state index in [9.17, 15) is 19.2 Å². The van der Waals surface area contributed by atoms with Crippen molar-refractivity contribution in [3.63, 3.8) is 0 Å². The molecule has 0 aromatic rings. The van der Waals surface area contributed by atoms with Crippen LogP contribution in [0.4, 0.5) is 9.59 Å². The summed E-state index contributed by atoms with van der Waals surface area (Å²) in [5, 5.41) is 18.0. The molecule has 138 valence electrons. The van der Waals surface area contributed by atoms with Crippen molar-refractivity contribution in [2.75, 3.05) is 13.1 Å². The van der Waals surface area contributed by atoms with Gasteiger partial charge in [0.1, 0.15) is 0 Å². The zero-order valence-electron chi connectivity index (χ0n) is 14.5. The Morgan fingerprint density at radius 1 is 0.667 bits per heavy atom. The summed E-state index contributed by atoms with van der Waals surface area (Å²) in [6.45, 7) is 4.16. The van der Waals surface area contributed by atoms with Gasteiger partial charge in [0.15, 0.2) is 0 Å². The molecule has 0 radical (unpaired) electrons. The third-order valence-corrected chi connectivity index (χ3v) is 3.57. The molecule has 0 aliphatic carbocycles. The standard InChI is InChI=1S/C16H28N2O6/c1-3-5-11-17(15(21)22)13(19)9-7-8-10-14(20)18(16(23)24)12-6-4-2/h3-12H2,1-2H3,(H,21,22)(H,23,24). The molecular weight excluding hydrogens is 316 g/mol. The van der Waals surface area contributed by atoms with Crippen molar-refractivity contribution in [3.05, 3.63) is 0 Å². The van der Waals surface area contributed by atoms with E-state index >= 15 is 0 Å². The highest BCUT2D eigenvalue weighted by molar-refractivity contribution is 5.92. The van der Waals surface area contributed by atoms with Crippen LogP contribution in [-0.4, -0.2) is 57.1 Å². The molecule has 0 atom stereocenters. The summed E-state index contributed by atoms with van der Waals surface area (Å²) in [6, 6.07) is 0. The summed E-state index contributed by atoms with van der Waals surface area (Å²) < 4.78 is 0. The predicted octanol–water partition coefficient (Wildman–Crippen LogP) is 3.16. The normalized spacial score (nSPS) is 10.2. The number of carbonyl (C=O) groups excluding carboxylic acids is 2. The van der Waals surface area contributed by atoms with Gasteiger partial charge in [-0.05, 0) is 25.7 Å². The maximum absolute atomic E-state index is 11.9.